The van der Waals surface area contributed by atoms with Gasteiger partial charge >= 0.3 is 0 Å². The normalized spacial score (nSPS) is 38.2. The van der Waals surface area contributed by atoms with Crippen molar-refractivity contribution in [1.82, 2.24) is 0 Å². The molecule has 19 heavy (non-hydrogen) atoms. The van der Waals surface area contributed by atoms with Crippen LogP contribution in [0.15, 0.2) is 30.3 Å². The lowest BCUT2D eigenvalue weighted by atomic mass is 9.59. The third-order valence-corrected chi connectivity index (χ3v) is 5.24. The summed E-state index contributed by atoms with van der Waals surface area (Å²) >= 11 is 0. The van der Waals surface area contributed by atoms with Gasteiger partial charge in [0.2, 0.25) is 0 Å². The quantitative estimate of drug-likeness (QED) is 0.832. The highest BCUT2D eigenvalue weighted by atomic mass is 14.8. The van der Waals surface area contributed by atoms with Crippen LogP contribution in [0.1, 0.15) is 50.0 Å². The van der Waals surface area contributed by atoms with Gasteiger partial charge in [-0.3, -0.25) is 0 Å². The SMILES string of the molecule is N#CC1(N)CC2CCCCC2CC1c1ccccc1. The number of hydrogen-bond acceptors (Lipinski definition) is 2. The van der Waals surface area contributed by atoms with Crippen LogP contribution < -0.4 is 5.73 Å². The summed E-state index contributed by atoms with van der Waals surface area (Å²) in [6.45, 7) is 0. The van der Waals surface area contributed by atoms with Gasteiger partial charge in [-0.1, -0.05) is 56.0 Å². The fourth-order valence-corrected chi connectivity index (χ4v) is 4.20. The monoisotopic (exact) mass is 254 g/mol. The molecule has 2 aliphatic rings. The smallest absolute Gasteiger partial charge is 0.111 e. The molecule has 2 heteroatoms. The zero-order valence-electron chi connectivity index (χ0n) is 11.4. The summed E-state index contributed by atoms with van der Waals surface area (Å²) < 4.78 is 0. The first kappa shape index (κ1) is 12.7. The number of hydrogen-bond donors (Lipinski definition) is 1. The molecule has 2 aliphatic carbocycles. The third-order valence-electron chi connectivity index (χ3n) is 5.24. The number of rotatable bonds is 1. The van der Waals surface area contributed by atoms with E-state index >= 15 is 0 Å². The molecule has 0 bridgehead atoms. The number of benzene rings is 1. The zero-order chi connectivity index (χ0) is 13.3. The molecule has 0 heterocycles. The maximum Gasteiger partial charge on any atom is 0.111 e. The van der Waals surface area contributed by atoms with Gasteiger partial charge in [0.25, 0.3) is 0 Å². The first-order valence-electron chi connectivity index (χ1n) is 7.48. The van der Waals surface area contributed by atoms with Gasteiger partial charge in [-0.25, -0.2) is 0 Å². The molecule has 0 saturated heterocycles. The van der Waals surface area contributed by atoms with Gasteiger partial charge in [0, 0.05) is 5.92 Å². The molecule has 1 aromatic carbocycles. The van der Waals surface area contributed by atoms with E-state index in [-0.39, 0.29) is 5.92 Å². The molecule has 0 aromatic heterocycles. The minimum Gasteiger partial charge on any atom is -0.313 e. The van der Waals surface area contributed by atoms with Crippen molar-refractivity contribution in [3.05, 3.63) is 35.9 Å². The van der Waals surface area contributed by atoms with Crippen LogP contribution in [0.2, 0.25) is 0 Å². The van der Waals surface area contributed by atoms with Gasteiger partial charge in [-0.2, -0.15) is 5.26 Å². The molecule has 0 radical (unpaired) electrons. The van der Waals surface area contributed by atoms with Gasteiger partial charge in [-0.15, -0.1) is 0 Å². The van der Waals surface area contributed by atoms with Crippen LogP contribution in [0.5, 0.6) is 0 Å². The molecule has 4 unspecified atom stereocenters. The molecule has 0 amide bonds. The minimum atomic E-state index is -0.667. The van der Waals surface area contributed by atoms with Gasteiger partial charge in [0.1, 0.15) is 5.54 Å². The molecule has 100 valence electrons. The van der Waals surface area contributed by atoms with E-state index in [0.29, 0.717) is 5.92 Å². The van der Waals surface area contributed by atoms with Gasteiger partial charge in [0.15, 0.2) is 0 Å². The summed E-state index contributed by atoms with van der Waals surface area (Å²) in [4.78, 5) is 0. The lowest BCUT2D eigenvalue weighted by Gasteiger charge is -2.46. The second-order valence-electron chi connectivity index (χ2n) is 6.36. The molecule has 2 N–H and O–H groups in total. The summed E-state index contributed by atoms with van der Waals surface area (Å²) in [5, 5.41) is 9.60. The molecule has 0 aliphatic heterocycles. The van der Waals surface area contributed by atoms with E-state index in [2.05, 4.69) is 30.3 Å². The van der Waals surface area contributed by atoms with E-state index in [0.717, 1.165) is 18.8 Å². The summed E-state index contributed by atoms with van der Waals surface area (Å²) in [5.41, 5.74) is 7.06. The lowest BCUT2D eigenvalue weighted by molar-refractivity contribution is 0.114. The Labute approximate surface area is 115 Å². The van der Waals surface area contributed by atoms with E-state index in [1.807, 2.05) is 6.07 Å². The number of nitrogens with two attached hydrogens (primary N) is 1. The molecule has 1 aromatic rings. The fourth-order valence-electron chi connectivity index (χ4n) is 4.20. The Morgan fingerprint density at radius 3 is 2.47 bits per heavy atom. The van der Waals surface area contributed by atoms with Crippen LogP contribution in [-0.2, 0) is 0 Å². The first-order valence-corrected chi connectivity index (χ1v) is 7.48. The summed E-state index contributed by atoms with van der Waals surface area (Å²) in [5.74, 6) is 1.67. The predicted molar refractivity (Wildman–Crippen MR) is 76.4 cm³/mol. The first-order chi connectivity index (χ1) is 9.23. The molecule has 2 nitrogen and oxygen atoms in total. The van der Waals surface area contributed by atoms with Crippen LogP contribution in [0.3, 0.4) is 0 Å². The van der Waals surface area contributed by atoms with Crippen LogP contribution in [0, 0.1) is 23.2 Å². The Bertz CT molecular complexity index is 476. The zero-order valence-corrected chi connectivity index (χ0v) is 11.4. The lowest BCUT2D eigenvalue weighted by Crippen LogP contribution is -2.51. The molecule has 0 spiro atoms. The average molecular weight is 254 g/mol. The van der Waals surface area contributed by atoms with Gasteiger partial charge < -0.3 is 5.73 Å². The highest BCUT2D eigenvalue weighted by Gasteiger charge is 2.46. The average Bonchev–Trinajstić information content (AvgIpc) is 2.47. The highest BCUT2D eigenvalue weighted by Crippen LogP contribution is 2.49. The Hall–Kier alpha value is -1.33. The maximum absolute atomic E-state index is 9.60. The largest absolute Gasteiger partial charge is 0.313 e. The van der Waals surface area contributed by atoms with E-state index in [4.69, 9.17) is 5.73 Å². The molecular formula is C17H22N2. The van der Waals surface area contributed by atoms with Crippen molar-refractivity contribution in [3.8, 4) is 6.07 Å². The molecule has 3 rings (SSSR count). The number of nitrogens with zero attached hydrogens (tertiary/aromatic N) is 1. The van der Waals surface area contributed by atoms with Crippen molar-refractivity contribution >= 4 is 0 Å². The Morgan fingerprint density at radius 2 is 1.79 bits per heavy atom. The van der Waals surface area contributed by atoms with E-state index < -0.39 is 5.54 Å². The number of fused-ring (bicyclic) bond motifs is 1. The van der Waals surface area contributed by atoms with Crippen molar-refractivity contribution in [2.75, 3.05) is 0 Å². The summed E-state index contributed by atoms with van der Waals surface area (Å²) in [6.07, 6.45) is 7.25. The second kappa shape index (κ2) is 4.98. The summed E-state index contributed by atoms with van der Waals surface area (Å²) in [6, 6.07) is 12.8. The Balaban J connectivity index is 1.91. The topological polar surface area (TPSA) is 49.8 Å². The van der Waals surface area contributed by atoms with Crippen LogP contribution in [-0.4, -0.2) is 5.54 Å². The van der Waals surface area contributed by atoms with Gasteiger partial charge in [-0.05, 0) is 30.2 Å². The molecule has 4 atom stereocenters. The van der Waals surface area contributed by atoms with Crippen LogP contribution in [0.4, 0.5) is 0 Å². The van der Waals surface area contributed by atoms with Crippen molar-refractivity contribution < 1.29 is 0 Å². The predicted octanol–water partition coefficient (Wildman–Crippen LogP) is 3.59. The van der Waals surface area contributed by atoms with Crippen molar-refractivity contribution in [2.24, 2.45) is 17.6 Å². The third kappa shape index (κ3) is 2.28. The molecule has 2 fully saturated rings. The van der Waals surface area contributed by atoms with Crippen LogP contribution in [0.25, 0.3) is 0 Å². The van der Waals surface area contributed by atoms with E-state index in [1.54, 1.807) is 0 Å². The second-order valence-corrected chi connectivity index (χ2v) is 6.36. The van der Waals surface area contributed by atoms with Crippen LogP contribution >= 0.6 is 0 Å². The Morgan fingerprint density at radius 1 is 1.11 bits per heavy atom. The standard InChI is InChI=1S/C17H22N2/c18-12-17(19)11-15-9-5-4-8-14(15)10-16(17)13-6-2-1-3-7-13/h1-3,6-7,14-16H,4-5,8-11,19H2. The van der Waals surface area contributed by atoms with Gasteiger partial charge in [0.05, 0.1) is 6.07 Å². The maximum atomic E-state index is 9.60. The Kier molecular flexibility index (Phi) is 3.33. The fraction of sp³-hybridized carbons (Fsp3) is 0.588. The van der Waals surface area contributed by atoms with E-state index in [9.17, 15) is 5.26 Å². The van der Waals surface area contributed by atoms with E-state index in [1.165, 1.54) is 31.2 Å². The van der Waals surface area contributed by atoms with Crippen molar-refractivity contribution in [2.45, 2.75) is 50.0 Å². The number of nitriles is 1. The van der Waals surface area contributed by atoms with Crippen molar-refractivity contribution in [1.29, 1.82) is 5.26 Å². The van der Waals surface area contributed by atoms with Crippen molar-refractivity contribution in [3.63, 3.8) is 0 Å². The highest BCUT2D eigenvalue weighted by molar-refractivity contribution is 5.30. The molecule has 2 saturated carbocycles. The summed E-state index contributed by atoms with van der Waals surface area (Å²) in [7, 11) is 0. The minimum absolute atomic E-state index is 0.207. The molecular weight excluding hydrogens is 232 g/mol.